The van der Waals surface area contributed by atoms with Crippen LogP contribution in [0.25, 0.3) is 10.2 Å². The second-order valence-electron chi connectivity index (χ2n) is 4.83. The summed E-state index contributed by atoms with van der Waals surface area (Å²) in [5.41, 5.74) is 9.54. The Bertz CT molecular complexity index is 771. The van der Waals surface area contributed by atoms with Gasteiger partial charge in [0.2, 0.25) is 0 Å². The van der Waals surface area contributed by atoms with E-state index >= 15 is 0 Å². The molecule has 0 fully saturated rings. The molecule has 0 aliphatic heterocycles. The van der Waals surface area contributed by atoms with Gasteiger partial charge in [0.15, 0.2) is 5.82 Å². The van der Waals surface area contributed by atoms with E-state index in [9.17, 15) is 0 Å². The summed E-state index contributed by atoms with van der Waals surface area (Å²) < 4.78 is 1.96. The van der Waals surface area contributed by atoms with Gasteiger partial charge in [-0.25, -0.2) is 9.97 Å². The van der Waals surface area contributed by atoms with Crippen LogP contribution < -0.4 is 5.73 Å². The minimum atomic E-state index is 0.545. The normalized spacial score (nSPS) is 11.3. The molecule has 3 heterocycles. The van der Waals surface area contributed by atoms with Crippen molar-refractivity contribution < 1.29 is 0 Å². The molecule has 0 radical (unpaired) electrons. The van der Waals surface area contributed by atoms with Crippen molar-refractivity contribution >= 4 is 27.4 Å². The fourth-order valence-corrected chi connectivity index (χ4v) is 3.32. The van der Waals surface area contributed by atoms with Crippen LogP contribution in [0.3, 0.4) is 0 Å². The predicted octanol–water partition coefficient (Wildman–Crippen LogP) is 2.70. The van der Waals surface area contributed by atoms with Crippen molar-refractivity contribution in [3.63, 3.8) is 0 Å². The van der Waals surface area contributed by atoms with E-state index in [1.807, 2.05) is 23.1 Å². The number of aryl methyl sites for hydroxylation is 1. The molecule has 3 rings (SSSR count). The Morgan fingerprint density at radius 2 is 2.10 bits per heavy atom. The lowest BCUT2D eigenvalue weighted by molar-refractivity contribution is 0.634. The summed E-state index contributed by atoms with van der Waals surface area (Å²) in [6, 6.07) is 1.96. The molecular formula is C14H17N5S. The van der Waals surface area contributed by atoms with Crippen LogP contribution in [0.15, 0.2) is 11.4 Å². The second kappa shape index (κ2) is 4.86. The highest BCUT2D eigenvalue weighted by Gasteiger charge is 2.12. The van der Waals surface area contributed by atoms with E-state index in [0.717, 1.165) is 22.3 Å². The Balaban J connectivity index is 2.01. The van der Waals surface area contributed by atoms with E-state index in [-0.39, 0.29) is 0 Å². The fraction of sp³-hybridized carbons (Fsp3) is 0.357. The van der Waals surface area contributed by atoms with Gasteiger partial charge in [-0.05, 0) is 37.3 Å². The molecule has 0 spiro atoms. The van der Waals surface area contributed by atoms with Crippen molar-refractivity contribution in [2.75, 3.05) is 5.73 Å². The van der Waals surface area contributed by atoms with Gasteiger partial charge in [-0.1, -0.05) is 6.92 Å². The summed E-state index contributed by atoms with van der Waals surface area (Å²) in [5.74, 6) is 1.26. The number of hydrogen-bond donors (Lipinski definition) is 1. The summed E-state index contributed by atoms with van der Waals surface area (Å²) >= 11 is 1.58. The first-order valence-electron chi connectivity index (χ1n) is 6.62. The Hall–Kier alpha value is -1.95. The molecule has 0 aromatic carbocycles. The van der Waals surface area contributed by atoms with E-state index in [4.69, 9.17) is 5.73 Å². The SMILES string of the molecule is CCc1c(C)nn(Cc2nc(N)c3ccsc3n2)c1C. The number of thiophene rings is 1. The van der Waals surface area contributed by atoms with E-state index in [0.29, 0.717) is 18.2 Å². The molecule has 3 aromatic rings. The standard InChI is InChI=1S/C14H17N5S/c1-4-10-8(2)18-19(9(10)3)7-12-16-13(15)11-5-6-20-14(11)17-12/h5-6H,4,7H2,1-3H3,(H2,15,16,17). The van der Waals surface area contributed by atoms with Crippen LogP contribution in [0.4, 0.5) is 5.82 Å². The monoisotopic (exact) mass is 287 g/mol. The minimum absolute atomic E-state index is 0.545. The largest absolute Gasteiger partial charge is 0.383 e. The second-order valence-corrected chi connectivity index (χ2v) is 5.72. The number of hydrogen-bond acceptors (Lipinski definition) is 5. The number of rotatable bonds is 3. The van der Waals surface area contributed by atoms with Gasteiger partial charge >= 0.3 is 0 Å². The van der Waals surface area contributed by atoms with Crippen molar-refractivity contribution in [3.05, 3.63) is 34.2 Å². The lowest BCUT2D eigenvalue weighted by Gasteiger charge is -2.05. The average molecular weight is 287 g/mol. The Morgan fingerprint density at radius 3 is 2.80 bits per heavy atom. The van der Waals surface area contributed by atoms with Crippen molar-refractivity contribution in [3.8, 4) is 0 Å². The minimum Gasteiger partial charge on any atom is -0.383 e. The van der Waals surface area contributed by atoms with Crippen molar-refractivity contribution in [2.45, 2.75) is 33.7 Å². The first kappa shape index (κ1) is 13.1. The van der Waals surface area contributed by atoms with Gasteiger partial charge in [-0.3, -0.25) is 4.68 Å². The predicted molar refractivity (Wildman–Crippen MR) is 82.0 cm³/mol. The fourth-order valence-electron chi connectivity index (χ4n) is 2.53. The van der Waals surface area contributed by atoms with Crippen molar-refractivity contribution in [1.29, 1.82) is 0 Å². The van der Waals surface area contributed by atoms with Gasteiger partial charge in [0, 0.05) is 5.69 Å². The van der Waals surface area contributed by atoms with Crippen molar-refractivity contribution in [2.24, 2.45) is 0 Å². The van der Waals surface area contributed by atoms with Gasteiger partial charge in [0.25, 0.3) is 0 Å². The summed E-state index contributed by atoms with van der Waals surface area (Å²) in [7, 11) is 0. The van der Waals surface area contributed by atoms with Crippen LogP contribution in [0.1, 0.15) is 29.7 Å². The van der Waals surface area contributed by atoms with E-state index in [1.165, 1.54) is 11.3 Å². The van der Waals surface area contributed by atoms with E-state index in [2.05, 4.69) is 28.9 Å². The average Bonchev–Trinajstić information content (AvgIpc) is 2.96. The molecule has 0 aliphatic rings. The number of fused-ring (bicyclic) bond motifs is 1. The molecule has 0 saturated carbocycles. The number of anilines is 1. The first-order valence-corrected chi connectivity index (χ1v) is 7.50. The zero-order valence-electron chi connectivity index (χ0n) is 11.8. The molecule has 0 saturated heterocycles. The highest BCUT2D eigenvalue weighted by Crippen LogP contribution is 2.23. The highest BCUT2D eigenvalue weighted by molar-refractivity contribution is 7.16. The maximum absolute atomic E-state index is 5.98. The Labute approximate surface area is 121 Å². The maximum Gasteiger partial charge on any atom is 0.153 e. The third-order valence-corrected chi connectivity index (χ3v) is 4.38. The molecule has 0 unspecified atom stereocenters. The lowest BCUT2D eigenvalue weighted by Crippen LogP contribution is -2.09. The van der Waals surface area contributed by atoms with Gasteiger partial charge in [-0.2, -0.15) is 5.10 Å². The Kier molecular flexibility index (Phi) is 3.17. The van der Waals surface area contributed by atoms with Crippen LogP contribution in [0.2, 0.25) is 0 Å². The first-order chi connectivity index (χ1) is 9.60. The summed E-state index contributed by atoms with van der Waals surface area (Å²) in [4.78, 5) is 9.89. The maximum atomic E-state index is 5.98. The summed E-state index contributed by atoms with van der Waals surface area (Å²) in [6.07, 6.45) is 0.991. The number of nitrogen functional groups attached to an aromatic ring is 1. The molecule has 3 aromatic heterocycles. The topological polar surface area (TPSA) is 69.6 Å². The van der Waals surface area contributed by atoms with Gasteiger partial charge in [0.1, 0.15) is 17.2 Å². The lowest BCUT2D eigenvalue weighted by atomic mass is 10.1. The molecule has 0 amide bonds. The van der Waals surface area contributed by atoms with Crippen molar-refractivity contribution in [1.82, 2.24) is 19.7 Å². The van der Waals surface area contributed by atoms with Gasteiger partial charge in [0.05, 0.1) is 11.1 Å². The molecule has 104 valence electrons. The van der Waals surface area contributed by atoms with Crippen LogP contribution in [-0.4, -0.2) is 19.7 Å². The van der Waals surface area contributed by atoms with Crippen LogP contribution in [-0.2, 0) is 13.0 Å². The quantitative estimate of drug-likeness (QED) is 0.804. The summed E-state index contributed by atoms with van der Waals surface area (Å²) in [5, 5.41) is 7.49. The number of nitrogens with zero attached hydrogens (tertiary/aromatic N) is 4. The molecule has 6 heteroatoms. The third-order valence-electron chi connectivity index (χ3n) is 3.58. The molecular weight excluding hydrogens is 270 g/mol. The number of aromatic nitrogens is 4. The van der Waals surface area contributed by atoms with Crippen LogP contribution in [0, 0.1) is 13.8 Å². The molecule has 0 aliphatic carbocycles. The third kappa shape index (κ3) is 2.06. The van der Waals surface area contributed by atoms with E-state index < -0.39 is 0 Å². The zero-order chi connectivity index (χ0) is 14.3. The number of nitrogens with two attached hydrogens (primary N) is 1. The van der Waals surface area contributed by atoms with E-state index in [1.54, 1.807) is 11.3 Å². The molecule has 0 atom stereocenters. The van der Waals surface area contributed by atoms with Gasteiger partial charge < -0.3 is 5.73 Å². The van der Waals surface area contributed by atoms with Crippen LogP contribution in [0.5, 0.6) is 0 Å². The highest BCUT2D eigenvalue weighted by atomic mass is 32.1. The molecule has 5 nitrogen and oxygen atoms in total. The Morgan fingerprint density at radius 1 is 1.30 bits per heavy atom. The molecule has 20 heavy (non-hydrogen) atoms. The van der Waals surface area contributed by atoms with Crippen LogP contribution >= 0.6 is 11.3 Å². The molecule has 2 N–H and O–H groups in total. The summed E-state index contributed by atoms with van der Waals surface area (Å²) in [6.45, 7) is 6.84. The smallest absolute Gasteiger partial charge is 0.153 e. The molecule has 0 bridgehead atoms. The van der Waals surface area contributed by atoms with Gasteiger partial charge in [-0.15, -0.1) is 11.3 Å². The zero-order valence-corrected chi connectivity index (χ0v) is 12.7.